The molecule has 3 atom stereocenters. The van der Waals surface area contributed by atoms with Crippen LogP contribution in [-0.2, 0) is 16.0 Å². The maximum Gasteiger partial charge on any atom is 0.227 e. The van der Waals surface area contributed by atoms with Crippen LogP contribution in [0, 0.1) is 12.8 Å². The van der Waals surface area contributed by atoms with Gasteiger partial charge >= 0.3 is 0 Å². The van der Waals surface area contributed by atoms with Gasteiger partial charge in [0.1, 0.15) is 0 Å². The van der Waals surface area contributed by atoms with E-state index < -0.39 is 6.29 Å². The molecule has 1 amide bonds. The Morgan fingerprint density at radius 2 is 2.12 bits per heavy atom. The molecule has 0 radical (unpaired) electrons. The second-order valence-electron chi connectivity index (χ2n) is 6.77. The Balaban J connectivity index is 1.74. The number of nitrogens with zero attached hydrogens (tertiary/aromatic N) is 2. The third-order valence-corrected chi connectivity index (χ3v) is 4.92. The van der Waals surface area contributed by atoms with Crippen molar-refractivity contribution in [3.63, 3.8) is 0 Å². The molecule has 1 aliphatic rings. The van der Waals surface area contributed by atoms with Gasteiger partial charge in [0.25, 0.3) is 0 Å². The van der Waals surface area contributed by atoms with Crippen LogP contribution in [0.25, 0.3) is 10.9 Å². The Hall–Kier alpha value is -2.25. The number of benzene rings is 1. The fourth-order valence-electron chi connectivity index (χ4n) is 3.34. The fourth-order valence-corrected chi connectivity index (χ4v) is 3.34. The lowest BCUT2D eigenvalue weighted by atomic mass is 9.95. The number of anilines is 1. The average Bonchev–Trinajstić information content (AvgIpc) is 2.61. The smallest absolute Gasteiger partial charge is 0.227 e. The Morgan fingerprint density at radius 3 is 2.81 bits per heavy atom. The number of amides is 1. The monoisotopic (exact) mass is 357 g/mol. The first-order valence-electron chi connectivity index (χ1n) is 9.11. The van der Waals surface area contributed by atoms with Gasteiger partial charge in [0.2, 0.25) is 11.9 Å². The minimum Gasteiger partial charge on any atom is -0.385 e. The number of fused-ring (bicyclic) bond motifs is 1. The van der Waals surface area contributed by atoms with Gasteiger partial charge in [-0.1, -0.05) is 13.0 Å². The maximum atomic E-state index is 12.4. The summed E-state index contributed by atoms with van der Waals surface area (Å²) in [5.41, 5.74) is 3.08. The Bertz CT molecular complexity index is 795. The summed E-state index contributed by atoms with van der Waals surface area (Å²) in [5.74, 6) is 0.398. The van der Waals surface area contributed by atoms with Crippen LogP contribution in [0.4, 0.5) is 5.95 Å². The van der Waals surface area contributed by atoms with Crippen molar-refractivity contribution in [1.29, 1.82) is 0 Å². The summed E-state index contributed by atoms with van der Waals surface area (Å²) >= 11 is 0. The Labute approximate surface area is 153 Å². The summed E-state index contributed by atoms with van der Waals surface area (Å²) in [4.78, 5) is 21.5. The largest absolute Gasteiger partial charge is 0.385 e. The summed E-state index contributed by atoms with van der Waals surface area (Å²) in [6, 6.07) is 6.27. The van der Waals surface area contributed by atoms with E-state index in [1.807, 2.05) is 19.9 Å². The first kappa shape index (κ1) is 18.5. The van der Waals surface area contributed by atoms with E-state index >= 15 is 0 Å². The fraction of sp³-hybridized carbons (Fsp3) is 0.526. The van der Waals surface area contributed by atoms with Gasteiger partial charge in [-0.3, -0.25) is 10.1 Å². The predicted octanol–water partition coefficient (Wildman–Crippen LogP) is 1.96. The molecule has 2 heterocycles. The van der Waals surface area contributed by atoms with Crippen LogP contribution in [0.5, 0.6) is 0 Å². The van der Waals surface area contributed by atoms with Gasteiger partial charge in [-0.05, 0) is 44.4 Å². The van der Waals surface area contributed by atoms with Crippen molar-refractivity contribution in [2.24, 2.45) is 5.92 Å². The third-order valence-electron chi connectivity index (χ3n) is 4.92. The number of rotatable bonds is 6. The lowest BCUT2D eigenvalue weighted by Gasteiger charge is -2.35. The predicted molar refractivity (Wildman–Crippen MR) is 102 cm³/mol. The molecule has 1 aliphatic heterocycles. The van der Waals surface area contributed by atoms with Crippen LogP contribution in [0.15, 0.2) is 18.2 Å². The van der Waals surface area contributed by atoms with E-state index in [-0.39, 0.29) is 17.9 Å². The molecule has 26 heavy (non-hydrogen) atoms. The lowest BCUT2D eigenvalue weighted by Crippen LogP contribution is -2.63. The van der Waals surface area contributed by atoms with Crippen LogP contribution in [0.1, 0.15) is 31.5 Å². The number of carbonyl (C=O) groups excluding carboxylic acids is 1. The van der Waals surface area contributed by atoms with E-state index in [2.05, 4.69) is 45.0 Å². The van der Waals surface area contributed by atoms with Gasteiger partial charge in [-0.2, -0.15) is 0 Å². The Kier molecular flexibility index (Phi) is 5.68. The van der Waals surface area contributed by atoms with Crippen molar-refractivity contribution >= 4 is 22.8 Å². The van der Waals surface area contributed by atoms with Crippen molar-refractivity contribution in [2.75, 3.05) is 19.0 Å². The molecule has 0 saturated carbocycles. The molecule has 1 saturated heterocycles. The quantitative estimate of drug-likeness (QED) is 0.732. The highest BCUT2D eigenvalue weighted by molar-refractivity contribution is 5.83. The van der Waals surface area contributed by atoms with Gasteiger partial charge < -0.3 is 15.4 Å². The summed E-state index contributed by atoms with van der Waals surface area (Å²) in [5, 5.41) is 10.5. The molecule has 140 valence electrons. The number of aryl methyl sites for hydroxylation is 2. The van der Waals surface area contributed by atoms with Crippen molar-refractivity contribution in [3.8, 4) is 0 Å². The zero-order chi connectivity index (χ0) is 18.7. The van der Waals surface area contributed by atoms with Crippen molar-refractivity contribution in [2.45, 2.75) is 45.9 Å². The highest BCUT2D eigenvalue weighted by Crippen LogP contribution is 2.20. The molecular formula is C19H27N5O2. The van der Waals surface area contributed by atoms with Gasteiger partial charge in [0, 0.05) is 25.1 Å². The van der Waals surface area contributed by atoms with Crippen LogP contribution in [0.2, 0.25) is 0 Å². The molecular weight excluding hydrogens is 330 g/mol. The van der Waals surface area contributed by atoms with Crippen molar-refractivity contribution < 1.29 is 9.53 Å². The molecule has 3 rings (SSSR count). The SMILES string of the molecule is CCc1ccc2nc(NC3NC(=O)C(CCOC)C(C)N3)nc(C)c2c1. The zero-order valence-electron chi connectivity index (χ0n) is 15.8. The maximum absolute atomic E-state index is 12.4. The number of ether oxygens (including phenoxy) is 1. The molecule has 0 aliphatic carbocycles. The van der Waals surface area contributed by atoms with Crippen molar-refractivity contribution in [1.82, 2.24) is 20.6 Å². The first-order valence-corrected chi connectivity index (χ1v) is 9.11. The third kappa shape index (κ3) is 3.94. The molecule has 1 fully saturated rings. The molecule has 7 nitrogen and oxygen atoms in total. The Morgan fingerprint density at radius 1 is 1.31 bits per heavy atom. The number of aromatic nitrogens is 2. The second-order valence-corrected chi connectivity index (χ2v) is 6.77. The number of nitrogens with one attached hydrogen (secondary N) is 3. The molecule has 1 aromatic heterocycles. The number of hydrogen-bond acceptors (Lipinski definition) is 6. The van der Waals surface area contributed by atoms with Crippen molar-refractivity contribution in [3.05, 3.63) is 29.5 Å². The highest BCUT2D eigenvalue weighted by atomic mass is 16.5. The summed E-state index contributed by atoms with van der Waals surface area (Å²) < 4.78 is 5.09. The van der Waals surface area contributed by atoms with Gasteiger partial charge in [0.05, 0.1) is 17.1 Å². The topological polar surface area (TPSA) is 88.2 Å². The second kappa shape index (κ2) is 7.97. The minimum atomic E-state index is -0.400. The minimum absolute atomic E-state index is 0.0101. The number of hydrogen-bond donors (Lipinski definition) is 3. The van der Waals surface area contributed by atoms with Crippen LogP contribution in [0.3, 0.4) is 0 Å². The number of carbonyl (C=O) groups is 1. The van der Waals surface area contributed by atoms with E-state index in [0.29, 0.717) is 19.0 Å². The van der Waals surface area contributed by atoms with Crippen LogP contribution < -0.4 is 16.0 Å². The van der Waals surface area contributed by atoms with Crippen LogP contribution >= 0.6 is 0 Å². The normalized spacial score (nSPS) is 23.1. The van der Waals surface area contributed by atoms with Gasteiger partial charge in [0.15, 0.2) is 6.29 Å². The summed E-state index contributed by atoms with van der Waals surface area (Å²) in [6.45, 7) is 6.68. The average molecular weight is 357 g/mol. The van der Waals surface area contributed by atoms with E-state index in [9.17, 15) is 4.79 Å². The molecule has 2 aromatic rings. The van der Waals surface area contributed by atoms with Gasteiger partial charge in [-0.15, -0.1) is 0 Å². The molecule has 0 bridgehead atoms. The zero-order valence-corrected chi connectivity index (χ0v) is 15.8. The molecule has 3 unspecified atom stereocenters. The number of methoxy groups -OCH3 is 1. The van der Waals surface area contributed by atoms with E-state index in [1.54, 1.807) is 7.11 Å². The summed E-state index contributed by atoms with van der Waals surface area (Å²) in [7, 11) is 1.64. The molecule has 3 N–H and O–H groups in total. The standard InChI is InChI=1S/C19H27N5O2/c1-5-13-6-7-16-15(10-13)12(3)21-18(22-16)24-19-20-11(2)14(8-9-26-4)17(25)23-19/h6-7,10-11,14,19-20H,5,8-9H2,1-4H3,(H,23,25)(H,21,22,24). The van der Waals surface area contributed by atoms with E-state index in [0.717, 1.165) is 23.0 Å². The molecule has 0 spiro atoms. The molecule has 7 heteroatoms. The first-order chi connectivity index (χ1) is 12.5. The van der Waals surface area contributed by atoms with E-state index in [4.69, 9.17) is 4.74 Å². The van der Waals surface area contributed by atoms with Crippen LogP contribution in [-0.4, -0.2) is 41.9 Å². The molecule has 1 aromatic carbocycles. The van der Waals surface area contributed by atoms with E-state index in [1.165, 1.54) is 5.56 Å². The van der Waals surface area contributed by atoms with Gasteiger partial charge in [-0.25, -0.2) is 9.97 Å². The lowest BCUT2D eigenvalue weighted by molar-refractivity contribution is -0.129. The highest BCUT2D eigenvalue weighted by Gasteiger charge is 2.33. The summed E-state index contributed by atoms with van der Waals surface area (Å²) in [6.07, 6.45) is 1.27.